The molecule has 0 radical (unpaired) electrons. The number of amides is 2. The van der Waals surface area contributed by atoms with E-state index in [1.165, 1.54) is 24.3 Å². The van der Waals surface area contributed by atoms with Gasteiger partial charge in [0, 0.05) is 17.9 Å². The van der Waals surface area contributed by atoms with Crippen LogP contribution in [0.25, 0.3) is 0 Å². The molecule has 9 nitrogen and oxygen atoms in total. The first-order valence-corrected chi connectivity index (χ1v) is 11.2. The van der Waals surface area contributed by atoms with Crippen LogP contribution in [0.3, 0.4) is 0 Å². The van der Waals surface area contributed by atoms with E-state index in [-0.39, 0.29) is 41.6 Å². The number of aldehydes is 1. The summed E-state index contributed by atoms with van der Waals surface area (Å²) in [5, 5.41) is 23.5. The minimum atomic E-state index is -1.17. The van der Waals surface area contributed by atoms with Gasteiger partial charge in [0.05, 0.1) is 18.5 Å². The van der Waals surface area contributed by atoms with Crippen LogP contribution in [0.4, 0.5) is 0 Å². The van der Waals surface area contributed by atoms with Gasteiger partial charge in [-0.05, 0) is 55.4 Å². The number of carboxylic acid groups (broad SMARTS) is 1. The van der Waals surface area contributed by atoms with E-state index in [0.29, 0.717) is 24.7 Å². The summed E-state index contributed by atoms with van der Waals surface area (Å²) >= 11 is 0. The van der Waals surface area contributed by atoms with Crippen LogP contribution < -0.4 is 10.6 Å². The van der Waals surface area contributed by atoms with Crippen LogP contribution in [-0.4, -0.2) is 52.1 Å². The molecule has 0 bridgehead atoms. The Labute approximate surface area is 192 Å². The van der Waals surface area contributed by atoms with Gasteiger partial charge < -0.3 is 25.6 Å². The number of aliphatic carboxylic acids is 1. The van der Waals surface area contributed by atoms with Crippen LogP contribution in [0.2, 0.25) is 0 Å². The average Bonchev–Trinajstić information content (AvgIpc) is 3.23. The molecule has 0 spiro atoms. The van der Waals surface area contributed by atoms with Crippen molar-refractivity contribution in [3.05, 3.63) is 29.8 Å². The Bertz CT molecular complexity index is 866. The van der Waals surface area contributed by atoms with Crippen molar-refractivity contribution in [3.8, 4) is 5.75 Å². The van der Waals surface area contributed by atoms with Gasteiger partial charge in [0.1, 0.15) is 12.0 Å². The quantitative estimate of drug-likeness (QED) is 0.349. The number of rotatable bonds is 12. The summed E-state index contributed by atoms with van der Waals surface area (Å²) in [6, 6.07) is 4.00. The minimum Gasteiger partial charge on any atom is -0.508 e. The number of phenols is 1. The Hall–Kier alpha value is -3.23. The van der Waals surface area contributed by atoms with Gasteiger partial charge in [0.25, 0.3) is 5.91 Å². The average molecular weight is 461 g/mol. The van der Waals surface area contributed by atoms with E-state index in [1.54, 1.807) is 0 Å². The highest BCUT2D eigenvalue weighted by Crippen LogP contribution is 2.35. The lowest BCUT2D eigenvalue weighted by Crippen LogP contribution is -2.45. The van der Waals surface area contributed by atoms with Crippen LogP contribution in [0.1, 0.15) is 62.7 Å². The number of nitrogens with one attached hydrogen (secondary N) is 2. The van der Waals surface area contributed by atoms with E-state index in [0.717, 1.165) is 12.8 Å². The van der Waals surface area contributed by atoms with E-state index >= 15 is 0 Å². The number of hydrogen-bond acceptors (Lipinski definition) is 6. The van der Waals surface area contributed by atoms with E-state index in [1.807, 2.05) is 13.8 Å². The first-order valence-electron chi connectivity index (χ1n) is 11.2. The highest BCUT2D eigenvalue weighted by Gasteiger charge is 2.35. The van der Waals surface area contributed by atoms with E-state index in [4.69, 9.17) is 5.11 Å². The topological polar surface area (TPSA) is 150 Å². The fourth-order valence-electron chi connectivity index (χ4n) is 4.28. The number of carbonyl (C=O) groups excluding carboxylic acids is 4. The second-order valence-electron chi connectivity index (χ2n) is 8.89. The summed E-state index contributed by atoms with van der Waals surface area (Å²) in [7, 11) is 0. The maximum absolute atomic E-state index is 12.9. The Morgan fingerprint density at radius 1 is 1.09 bits per heavy atom. The van der Waals surface area contributed by atoms with E-state index in [2.05, 4.69) is 10.6 Å². The van der Waals surface area contributed by atoms with Crippen LogP contribution >= 0.6 is 0 Å². The van der Waals surface area contributed by atoms with Crippen molar-refractivity contribution in [2.45, 2.75) is 64.5 Å². The van der Waals surface area contributed by atoms with E-state index < -0.39 is 30.4 Å². The molecule has 9 heteroatoms. The molecule has 1 aliphatic carbocycles. The van der Waals surface area contributed by atoms with Gasteiger partial charge in [0.15, 0.2) is 5.78 Å². The lowest BCUT2D eigenvalue weighted by Gasteiger charge is -2.24. The normalized spacial score (nSPS) is 19.5. The molecule has 4 N–H and O–H groups in total. The first-order chi connectivity index (χ1) is 15.6. The van der Waals surface area contributed by atoms with Crippen molar-refractivity contribution in [2.24, 2.45) is 17.8 Å². The van der Waals surface area contributed by atoms with E-state index in [9.17, 15) is 29.1 Å². The fraction of sp³-hybridized carbons (Fsp3) is 0.542. The predicted octanol–water partition coefficient (Wildman–Crippen LogP) is 2.07. The second-order valence-corrected chi connectivity index (χ2v) is 8.89. The number of ketones is 1. The zero-order valence-electron chi connectivity index (χ0n) is 19.0. The molecule has 0 aromatic heterocycles. The molecule has 1 aliphatic rings. The molecular weight excluding hydrogens is 428 g/mol. The summed E-state index contributed by atoms with van der Waals surface area (Å²) < 4.78 is 0. The lowest BCUT2D eigenvalue weighted by molar-refractivity contribution is -0.139. The molecule has 2 amide bonds. The summed E-state index contributed by atoms with van der Waals surface area (Å²) in [6.07, 6.45) is 2.81. The number of phenolic OH excluding ortho intramolecular Hbond substituents is 1. The molecule has 4 atom stereocenters. The van der Waals surface area contributed by atoms with Gasteiger partial charge in [-0.1, -0.05) is 20.3 Å². The molecule has 180 valence electrons. The third-order valence-corrected chi connectivity index (χ3v) is 6.07. The lowest BCUT2D eigenvalue weighted by atomic mass is 9.87. The number of hydrogen-bond donors (Lipinski definition) is 4. The number of Topliss-reactive ketones (excluding diaryl/α,β-unsaturated/α-hetero) is 1. The van der Waals surface area contributed by atoms with Crippen LogP contribution in [0.5, 0.6) is 5.75 Å². The Morgan fingerprint density at radius 2 is 1.76 bits per heavy atom. The maximum Gasteiger partial charge on any atom is 0.305 e. The second kappa shape index (κ2) is 12.1. The van der Waals surface area contributed by atoms with Crippen molar-refractivity contribution in [3.63, 3.8) is 0 Å². The zero-order valence-corrected chi connectivity index (χ0v) is 19.0. The first kappa shape index (κ1) is 26.0. The van der Waals surface area contributed by atoms with Crippen molar-refractivity contribution >= 4 is 29.9 Å². The van der Waals surface area contributed by atoms with Crippen LogP contribution in [0, 0.1) is 17.8 Å². The molecule has 1 fully saturated rings. The highest BCUT2D eigenvalue weighted by atomic mass is 16.4. The standard InChI is InChI=1S/C24H32N2O7/c1-14(2)22(26-23(32)16-6-9-18(28)10-7-16)20(29)11-8-15-4-3-5-19(15)24(33)25-17(13-27)12-21(30)31/h6-7,9-10,13-15,17,19,22,28H,3-5,8,11-12H2,1-2H3,(H,25,33)(H,26,32)(H,30,31)/t15?,17-,19?,22-/m0/s1. The summed E-state index contributed by atoms with van der Waals surface area (Å²) in [4.78, 5) is 59.9. The largest absolute Gasteiger partial charge is 0.508 e. The van der Waals surface area contributed by atoms with Crippen LogP contribution in [-0.2, 0) is 19.2 Å². The molecule has 2 rings (SSSR count). The number of carboxylic acids is 1. The Kier molecular flexibility index (Phi) is 9.57. The fourth-order valence-corrected chi connectivity index (χ4v) is 4.28. The van der Waals surface area contributed by atoms with Crippen LogP contribution in [0.15, 0.2) is 24.3 Å². The third-order valence-electron chi connectivity index (χ3n) is 6.07. The van der Waals surface area contributed by atoms with Gasteiger partial charge in [-0.3, -0.25) is 19.2 Å². The molecule has 2 unspecified atom stereocenters. The van der Waals surface area contributed by atoms with Gasteiger partial charge in [0.2, 0.25) is 5.91 Å². The minimum absolute atomic E-state index is 0.0422. The number of carbonyl (C=O) groups is 5. The van der Waals surface area contributed by atoms with Crippen molar-refractivity contribution < 1.29 is 34.2 Å². The highest BCUT2D eigenvalue weighted by molar-refractivity contribution is 5.98. The molecule has 1 aromatic carbocycles. The van der Waals surface area contributed by atoms with Gasteiger partial charge >= 0.3 is 5.97 Å². The van der Waals surface area contributed by atoms with Crippen molar-refractivity contribution in [1.29, 1.82) is 0 Å². The summed E-state index contributed by atoms with van der Waals surface area (Å²) in [5.74, 6) is -2.58. The molecule has 0 saturated heterocycles. The monoisotopic (exact) mass is 460 g/mol. The molecule has 1 aromatic rings. The predicted molar refractivity (Wildman–Crippen MR) is 120 cm³/mol. The summed E-state index contributed by atoms with van der Waals surface area (Å²) in [6.45, 7) is 3.68. The SMILES string of the molecule is CC(C)[C@H](NC(=O)c1ccc(O)cc1)C(=O)CCC1CCCC1C(=O)N[C@H](C=O)CC(=O)O. The number of benzene rings is 1. The zero-order chi connectivity index (χ0) is 24.5. The van der Waals surface area contributed by atoms with Crippen molar-refractivity contribution in [1.82, 2.24) is 10.6 Å². The smallest absolute Gasteiger partial charge is 0.305 e. The number of aromatic hydroxyl groups is 1. The van der Waals surface area contributed by atoms with Crippen molar-refractivity contribution in [2.75, 3.05) is 0 Å². The van der Waals surface area contributed by atoms with Gasteiger partial charge in [-0.25, -0.2) is 0 Å². The molecule has 0 aliphatic heterocycles. The Morgan fingerprint density at radius 3 is 2.33 bits per heavy atom. The van der Waals surface area contributed by atoms with Gasteiger partial charge in [-0.2, -0.15) is 0 Å². The third kappa shape index (κ3) is 7.69. The van der Waals surface area contributed by atoms with Gasteiger partial charge in [-0.15, -0.1) is 0 Å². The molecule has 0 heterocycles. The Balaban J connectivity index is 1.94. The molecular formula is C24H32N2O7. The maximum atomic E-state index is 12.9. The summed E-state index contributed by atoms with van der Waals surface area (Å²) in [5.41, 5.74) is 0.338. The molecule has 1 saturated carbocycles. The molecule has 33 heavy (non-hydrogen) atoms.